The summed E-state index contributed by atoms with van der Waals surface area (Å²) in [4.78, 5) is 23.2. The van der Waals surface area contributed by atoms with Gasteiger partial charge in [0.05, 0.1) is 0 Å². The summed E-state index contributed by atoms with van der Waals surface area (Å²) in [6.45, 7) is 5.24. The summed E-state index contributed by atoms with van der Waals surface area (Å²) in [6, 6.07) is 0. The molecule has 2 amide bonds. The fraction of sp³-hybridized carbons (Fsp3) is 0.833. The summed E-state index contributed by atoms with van der Waals surface area (Å²) < 4.78 is 0. The monoisotopic (exact) mass is 226 g/mol. The van der Waals surface area contributed by atoms with Gasteiger partial charge < -0.3 is 10.6 Å². The lowest BCUT2D eigenvalue weighted by atomic mass is 9.81. The second-order valence-corrected chi connectivity index (χ2v) is 4.34. The summed E-state index contributed by atoms with van der Waals surface area (Å²) >= 11 is 0. The lowest BCUT2D eigenvalue weighted by Gasteiger charge is -2.26. The van der Waals surface area contributed by atoms with Gasteiger partial charge in [-0.15, -0.1) is 0 Å². The molecule has 4 heteroatoms. The average molecular weight is 226 g/mol. The van der Waals surface area contributed by atoms with E-state index in [9.17, 15) is 9.59 Å². The van der Waals surface area contributed by atoms with Crippen LogP contribution in [0, 0.1) is 11.8 Å². The molecule has 1 aliphatic carbocycles. The zero-order valence-corrected chi connectivity index (χ0v) is 10.2. The van der Waals surface area contributed by atoms with Crippen LogP contribution in [-0.4, -0.2) is 24.9 Å². The van der Waals surface area contributed by atoms with Crippen molar-refractivity contribution < 1.29 is 9.59 Å². The first-order chi connectivity index (χ1) is 7.69. The van der Waals surface area contributed by atoms with E-state index in [1.807, 2.05) is 13.8 Å². The minimum absolute atomic E-state index is 0.116. The molecule has 2 N–H and O–H groups in total. The molecule has 1 rings (SSSR count). The molecule has 0 aromatic heterocycles. The smallest absolute Gasteiger partial charge is 0.223 e. The fourth-order valence-corrected chi connectivity index (χ4v) is 2.25. The summed E-state index contributed by atoms with van der Waals surface area (Å²) in [7, 11) is 0. The van der Waals surface area contributed by atoms with Crippen LogP contribution in [0.25, 0.3) is 0 Å². The van der Waals surface area contributed by atoms with Crippen LogP contribution in [0.15, 0.2) is 0 Å². The number of rotatable bonds is 4. The van der Waals surface area contributed by atoms with Crippen molar-refractivity contribution >= 4 is 11.8 Å². The largest absolute Gasteiger partial charge is 0.356 e. The van der Waals surface area contributed by atoms with Gasteiger partial charge in [-0.3, -0.25) is 9.59 Å². The van der Waals surface area contributed by atoms with Gasteiger partial charge >= 0.3 is 0 Å². The van der Waals surface area contributed by atoms with Crippen LogP contribution in [0.1, 0.15) is 39.5 Å². The Labute approximate surface area is 97.2 Å². The van der Waals surface area contributed by atoms with Crippen LogP contribution in [-0.2, 0) is 9.59 Å². The molecule has 0 bridgehead atoms. The van der Waals surface area contributed by atoms with Gasteiger partial charge in [0.15, 0.2) is 0 Å². The molecule has 1 aliphatic rings. The first kappa shape index (κ1) is 13.0. The molecule has 16 heavy (non-hydrogen) atoms. The van der Waals surface area contributed by atoms with Crippen LogP contribution in [0.2, 0.25) is 0 Å². The van der Waals surface area contributed by atoms with Crippen LogP contribution >= 0.6 is 0 Å². The molecule has 0 radical (unpaired) electrons. The lowest BCUT2D eigenvalue weighted by molar-refractivity contribution is -0.130. The minimum atomic E-state index is 0.116. The number of amides is 2. The van der Waals surface area contributed by atoms with Crippen LogP contribution in [0.5, 0.6) is 0 Å². The number of hydrogen-bond acceptors (Lipinski definition) is 2. The highest BCUT2D eigenvalue weighted by Crippen LogP contribution is 2.28. The maximum Gasteiger partial charge on any atom is 0.223 e. The first-order valence-corrected chi connectivity index (χ1v) is 6.24. The highest BCUT2D eigenvalue weighted by molar-refractivity contribution is 5.81. The van der Waals surface area contributed by atoms with E-state index in [0.717, 1.165) is 25.7 Å². The average Bonchev–Trinajstić information content (AvgIpc) is 2.30. The molecule has 0 aromatic rings. The Morgan fingerprint density at radius 1 is 0.875 bits per heavy atom. The second kappa shape index (κ2) is 6.51. The predicted molar refractivity (Wildman–Crippen MR) is 62.8 cm³/mol. The zero-order chi connectivity index (χ0) is 12.0. The quantitative estimate of drug-likeness (QED) is 0.753. The molecule has 1 fully saturated rings. The Morgan fingerprint density at radius 3 is 1.44 bits per heavy atom. The maximum absolute atomic E-state index is 11.6. The Bertz CT molecular complexity index is 219. The maximum atomic E-state index is 11.6. The Hall–Kier alpha value is -1.06. The molecule has 4 nitrogen and oxygen atoms in total. The molecule has 0 aliphatic heterocycles. The van der Waals surface area contributed by atoms with Gasteiger partial charge in [-0.2, -0.15) is 0 Å². The van der Waals surface area contributed by atoms with Gasteiger partial charge in [0.1, 0.15) is 0 Å². The molecule has 0 spiro atoms. The van der Waals surface area contributed by atoms with E-state index in [4.69, 9.17) is 0 Å². The van der Waals surface area contributed by atoms with E-state index in [-0.39, 0.29) is 23.7 Å². The molecule has 1 saturated carbocycles. The first-order valence-electron chi connectivity index (χ1n) is 6.24. The van der Waals surface area contributed by atoms with Crippen molar-refractivity contribution in [3.63, 3.8) is 0 Å². The van der Waals surface area contributed by atoms with Gasteiger partial charge in [-0.05, 0) is 39.5 Å². The van der Waals surface area contributed by atoms with E-state index in [2.05, 4.69) is 10.6 Å². The van der Waals surface area contributed by atoms with Crippen molar-refractivity contribution in [1.82, 2.24) is 10.6 Å². The summed E-state index contributed by atoms with van der Waals surface area (Å²) in [5.74, 6) is 0.532. The van der Waals surface area contributed by atoms with E-state index < -0.39 is 0 Å². The summed E-state index contributed by atoms with van der Waals surface area (Å²) in [5.41, 5.74) is 0. The van der Waals surface area contributed by atoms with E-state index in [1.54, 1.807) is 0 Å². The number of carbonyl (C=O) groups is 2. The molecule has 0 heterocycles. The minimum Gasteiger partial charge on any atom is -0.356 e. The highest BCUT2D eigenvalue weighted by atomic mass is 16.2. The summed E-state index contributed by atoms with van der Waals surface area (Å²) in [6.07, 6.45) is 3.36. The van der Waals surface area contributed by atoms with E-state index >= 15 is 0 Å². The Kier molecular flexibility index (Phi) is 5.29. The SMILES string of the molecule is CCNC(=O)C1CCC(C(=O)NCC)CC1. The lowest BCUT2D eigenvalue weighted by Crippen LogP contribution is -2.37. The molecule has 0 atom stereocenters. The zero-order valence-electron chi connectivity index (χ0n) is 10.2. The summed E-state index contributed by atoms with van der Waals surface area (Å²) in [5, 5.41) is 5.69. The van der Waals surface area contributed by atoms with Crippen LogP contribution in [0.4, 0.5) is 0 Å². The molecule has 92 valence electrons. The molecular formula is C12H22N2O2. The topological polar surface area (TPSA) is 58.2 Å². The van der Waals surface area contributed by atoms with Crippen molar-refractivity contribution in [2.45, 2.75) is 39.5 Å². The van der Waals surface area contributed by atoms with Gasteiger partial charge in [0.2, 0.25) is 11.8 Å². The van der Waals surface area contributed by atoms with Crippen LogP contribution in [0.3, 0.4) is 0 Å². The molecule has 0 unspecified atom stereocenters. The molecular weight excluding hydrogens is 204 g/mol. The third-order valence-electron chi connectivity index (χ3n) is 3.17. The number of nitrogens with one attached hydrogen (secondary N) is 2. The standard InChI is InChI=1S/C12H22N2O2/c1-3-13-11(15)9-5-7-10(8-6-9)12(16)14-4-2/h9-10H,3-8H2,1-2H3,(H,13,15)(H,14,16). The van der Waals surface area contributed by atoms with Crippen molar-refractivity contribution in [1.29, 1.82) is 0 Å². The van der Waals surface area contributed by atoms with Crippen molar-refractivity contribution in [3.05, 3.63) is 0 Å². The van der Waals surface area contributed by atoms with E-state index in [1.165, 1.54) is 0 Å². The predicted octanol–water partition coefficient (Wildman–Crippen LogP) is 1.06. The fourth-order valence-electron chi connectivity index (χ4n) is 2.25. The number of hydrogen-bond donors (Lipinski definition) is 2. The highest BCUT2D eigenvalue weighted by Gasteiger charge is 2.29. The third-order valence-corrected chi connectivity index (χ3v) is 3.17. The Morgan fingerprint density at radius 2 is 1.19 bits per heavy atom. The van der Waals surface area contributed by atoms with Crippen molar-refractivity contribution in [2.75, 3.05) is 13.1 Å². The number of carbonyl (C=O) groups excluding carboxylic acids is 2. The molecule has 0 saturated heterocycles. The van der Waals surface area contributed by atoms with Crippen molar-refractivity contribution in [3.8, 4) is 0 Å². The third kappa shape index (κ3) is 3.51. The van der Waals surface area contributed by atoms with Gasteiger partial charge in [-0.25, -0.2) is 0 Å². The Balaban J connectivity index is 2.33. The molecule has 0 aromatic carbocycles. The van der Waals surface area contributed by atoms with Crippen molar-refractivity contribution in [2.24, 2.45) is 11.8 Å². The second-order valence-electron chi connectivity index (χ2n) is 4.34. The van der Waals surface area contributed by atoms with Gasteiger partial charge in [0.25, 0.3) is 0 Å². The van der Waals surface area contributed by atoms with Gasteiger partial charge in [-0.1, -0.05) is 0 Å². The van der Waals surface area contributed by atoms with Crippen LogP contribution < -0.4 is 10.6 Å². The van der Waals surface area contributed by atoms with E-state index in [0.29, 0.717) is 13.1 Å². The van der Waals surface area contributed by atoms with Gasteiger partial charge in [0, 0.05) is 24.9 Å². The normalized spacial score (nSPS) is 24.9.